The van der Waals surface area contributed by atoms with Gasteiger partial charge in [0.05, 0.1) is 6.61 Å². The molecule has 29 heavy (non-hydrogen) atoms. The molecule has 2 unspecified atom stereocenters. The van der Waals surface area contributed by atoms with Crippen molar-refractivity contribution in [3.05, 3.63) is 41.2 Å². The Kier molecular flexibility index (Phi) is 7.28. The van der Waals surface area contributed by atoms with Crippen LogP contribution in [0.1, 0.15) is 82.3 Å². The van der Waals surface area contributed by atoms with Gasteiger partial charge in [-0.15, -0.1) is 0 Å². The minimum absolute atomic E-state index is 0.0704. The molecular weight excluding hydrogens is 380 g/mol. The first-order valence-electron chi connectivity index (χ1n) is 11.1. The zero-order valence-electron chi connectivity index (χ0n) is 17.4. The van der Waals surface area contributed by atoms with Crippen molar-refractivity contribution in [2.45, 2.75) is 77.3 Å². The van der Waals surface area contributed by atoms with E-state index in [9.17, 15) is 17.6 Å². The van der Waals surface area contributed by atoms with Gasteiger partial charge in [0.25, 0.3) is 0 Å². The van der Waals surface area contributed by atoms with E-state index in [-0.39, 0.29) is 18.1 Å². The lowest BCUT2D eigenvalue weighted by Gasteiger charge is -2.35. The van der Waals surface area contributed by atoms with E-state index in [1.807, 2.05) is 0 Å². The second-order valence-electron chi connectivity index (χ2n) is 8.56. The minimum atomic E-state index is -4.76. The Morgan fingerprint density at radius 2 is 1.69 bits per heavy atom. The van der Waals surface area contributed by atoms with Gasteiger partial charge in [0.15, 0.2) is 0 Å². The zero-order chi connectivity index (χ0) is 21.0. The minimum Gasteiger partial charge on any atom is -0.493 e. The number of ether oxygens (including phenoxy) is 1. The van der Waals surface area contributed by atoms with Gasteiger partial charge in [-0.3, -0.25) is 0 Å². The maximum absolute atomic E-state index is 14.9. The molecule has 2 aliphatic carbocycles. The third-order valence-corrected chi connectivity index (χ3v) is 6.69. The molecule has 0 spiro atoms. The Balaban J connectivity index is 1.69. The lowest BCUT2D eigenvalue weighted by Crippen LogP contribution is -2.23. The fourth-order valence-corrected chi connectivity index (χ4v) is 5.19. The summed E-state index contributed by atoms with van der Waals surface area (Å²) < 4.78 is 60.3. The Bertz CT molecular complexity index is 702. The molecule has 0 radical (unpaired) electrons. The van der Waals surface area contributed by atoms with E-state index >= 15 is 0 Å². The van der Waals surface area contributed by atoms with Crippen molar-refractivity contribution in [1.29, 1.82) is 0 Å². The van der Waals surface area contributed by atoms with Gasteiger partial charge in [0, 0.05) is 0 Å². The summed E-state index contributed by atoms with van der Waals surface area (Å²) in [7, 11) is 0. The van der Waals surface area contributed by atoms with E-state index in [0.29, 0.717) is 17.8 Å². The molecule has 0 bridgehead atoms. The third-order valence-electron chi connectivity index (χ3n) is 6.69. The van der Waals surface area contributed by atoms with E-state index in [2.05, 4.69) is 19.1 Å². The van der Waals surface area contributed by atoms with Crippen molar-refractivity contribution in [2.75, 3.05) is 6.61 Å². The van der Waals surface area contributed by atoms with E-state index in [1.165, 1.54) is 37.8 Å². The fraction of sp³-hybridized carbons (Fsp3) is 0.667. The highest BCUT2D eigenvalue weighted by Crippen LogP contribution is 2.46. The highest BCUT2D eigenvalue weighted by atomic mass is 19.4. The molecule has 1 saturated carbocycles. The first kappa shape index (κ1) is 22.2. The molecule has 1 aromatic rings. The van der Waals surface area contributed by atoms with E-state index < -0.39 is 23.3 Å². The quantitative estimate of drug-likeness (QED) is 0.341. The molecule has 0 amide bonds. The summed E-state index contributed by atoms with van der Waals surface area (Å²) in [4.78, 5) is 0. The van der Waals surface area contributed by atoms with Gasteiger partial charge in [-0.1, -0.05) is 31.6 Å². The van der Waals surface area contributed by atoms with Crippen LogP contribution >= 0.6 is 0 Å². The lowest BCUT2D eigenvalue weighted by molar-refractivity contribution is -0.141. The normalized spacial score (nSPS) is 27.8. The van der Waals surface area contributed by atoms with Crippen LogP contribution in [0, 0.1) is 23.6 Å². The van der Waals surface area contributed by atoms with Crippen LogP contribution in [0.25, 0.3) is 0 Å². The Hall–Kier alpha value is -1.52. The molecule has 2 atom stereocenters. The standard InChI is InChI=1S/C24H32F4O/c1-3-5-16-6-8-17(9-7-16)18-10-12-19(13-11-18)20-14-15-21(29-4-2)22(23(20)25)24(26,27)28/h6,8,14-19H,3-5,7,9-13H2,1-2H3. The molecular formula is C24H32F4O. The Morgan fingerprint density at radius 3 is 2.24 bits per heavy atom. The molecule has 0 saturated heterocycles. The molecule has 3 rings (SSSR count). The molecule has 0 aromatic heterocycles. The van der Waals surface area contributed by atoms with Crippen molar-refractivity contribution >= 4 is 0 Å². The Morgan fingerprint density at radius 1 is 0.966 bits per heavy atom. The van der Waals surface area contributed by atoms with Crippen molar-refractivity contribution in [3.63, 3.8) is 0 Å². The van der Waals surface area contributed by atoms with E-state index in [4.69, 9.17) is 4.74 Å². The van der Waals surface area contributed by atoms with Crippen LogP contribution in [-0.2, 0) is 6.18 Å². The average Bonchev–Trinajstić information content (AvgIpc) is 2.68. The van der Waals surface area contributed by atoms with Crippen molar-refractivity contribution < 1.29 is 22.3 Å². The van der Waals surface area contributed by atoms with Crippen LogP contribution in [-0.4, -0.2) is 6.61 Å². The fourth-order valence-electron chi connectivity index (χ4n) is 5.19. The number of allylic oxidation sites excluding steroid dienone is 2. The highest BCUT2D eigenvalue weighted by Gasteiger charge is 2.40. The number of alkyl halides is 3. The Labute approximate surface area is 171 Å². The van der Waals surface area contributed by atoms with Gasteiger partial charge in [0.1, 0.15) is 17.1 Å². The van der Waals surface area contributed by atoms with Gasteiger partial charge >= 0.3 is 6.18 Å². The topological polar surface area (TPSA) is 9.23 Å². The summed E-state index contributed by atoms with van der Waals surface area (Å²) in [5, 5.41) is 0. The molecule has 1 fully saturated rings. The van der Waals surface area contributed by atoms with Gasteiger partial charge < -0.3 is 4.74 Å². The largest absolute Gasteiger partial charge is 0.493 e. The SMILES string of the molecule is CCCC1C=CC(C2CCC(c3ccc(OCC)c(C(F)(F)F)c3F)CC2)CC1. The number of hydrogen-bond donors (Lipinski definition) is 0. The second-order valence-corrected chi connectivity index (χ2v) is 8.56. The number of halogens is 4. The smallest absolute Gasteiger partial charge is 0.422 e. The predicted octanol–water partition coefficient (Wildman–Crippen LogP) is 7.90. The average molecular weight is 413 g/mol. The molecule has 2 aliphatic rings. The summed E-state index contributed by atoms with van der Waals surface area (Å²) in [6.45, 7) is 3.88. The van der Waals surface area contributed by atoms with Crippen molar-refractivity contribution in [2.24, 2.45) is 17.8 Å². The second kappa shape index (κ2) is 9.53. The number of benzene rings is 1. The molecule has 5 heteroatoms. The van der Waals surface area contributed by atoms with Crippen LogP contribution < -0.4 is 4.74 Å². The molecule has 162 valence electrons. The van der Waals surface area contributed by atoms with Crippen molar-refractivity contribution in [3.8, 4) is 5.75 Å². The summed E-state index contributed by atoms with van der Waals surface area (Å²) in [6, 6.07) is 2.78. The lowest BCUT2D eigenvalue weighted by atomic mass is 9.70. The van der Waals surface area contributed by atoms with Gasteiger partial charge in [-0.05, 0) is 87.2 Å². The maximum atomic E-state index is 14.9. The predicted molar refractivity (Wildman–Crippen MR) is 108 cm³/mol. The number of rotatable bonds is 6. The van der Waals surface area contributed by atoms with E-state index in [1.54, 1.807) is 6.92 Å². The maximum Gasteiger partial charge on any atom is 0.422 e. The summed E-state index contributed by atoms with van der Waals surface area (Å²) in [6.07, 6.45) is 8.25. The van der Waals surface area contributed by atoms with Crippen LogP contribution in [0.2, 0.25) is 0 Å². The molecule has 1 aromatic carbocycles. The first-order chi connectivity index (χ1) is 13.8. The van der Waals surface area contributed by atoms with Gasteiger partial charge in [0.2, 0.25) is 0 Å². The molecule has 0 heterocycles. The first-order valence-corrected chi connectivity index (χ1v) is 11.1. The van der Waals surface area contributed by atoms with Gasteiger partial charge in [-0.2, -0.15) is 13.2 Å². The summed E-state index contributed by atoms with van der Waals surface area (Å²) >= 11 is 0. The molecule has 1 nitrogen and oxygen atoms in total. The van der Waals surface area contributed by atoms with Gasteiger partial charge in [-0.25, -0.2) is 4.39 Å². The van der Waals surface area contributed by atoms with Crippen LogP contribution in [0.3, 0.4) is 0 Å². The summed E-state index contributed by atoms with van der Waals surface area (Å²) in [5.41, 5.74) is -1.06. The summed E-state index contributed by atoms with van der Waals surface area (Å²) in [5.74, 6) is 0.128. The molecule has 0 aliphatic heterocycles. The monoisotopic (exact) mass is 412 g/mol. The molecule has 0 N–H and O–H groups in total. The van der Waals surface area contributed by atoms with E-state index in [0.717, 1.165) is 25.7 Å². The van der Waals surface area contributed by atoms with Crippen LogP contribution in [0.4, 0.5) is 17.6 Å². The number of hydrogen-bond acceptors (Lipinski definition) is 1. The van der Waals surface area contributed by atoms with Crippen LogP contribution in [0.5, 0.6) is 5.75 Å². The van der Waals surface area contributed by atoms with Crippen molar-refractivity contribution in [1.82, 2.24) is 0 Å². The third kappa shape index (κ3) is 5.16. The highest BCUT2D eigenvalue weighted by molar-refractivity contribution is 5.42. The zero-order valence-corrected chi connectivity index (χ0v) is 17.4. The van der Waals surface area contributed by atoms with Crippen LogP contribution in [0.15, 0.2) is 24.3 Å².